The molecule has 5 nitrogen and oxygen atoms in total. The van der Waals surface area contributed by atoms with Crippen LogP contribution in [0.2, 0.25) is 0 Å². The van der Waals surface area contributed by atoms with Crippen LogP contribution in [0.4, 0.5) is 0 Å². The van der Waals surface area contributed by atoms with E-state index in [0.717, 1.165) is 27.8 Å². The lowest BCUT2D eigenvalue weighted by Gasteiger charge is -2.31. The molecule has 2 heterocycles. The molecule has 4 N–H and O–H groups in total. The van der Waals surface area contributed by atoms with Crippen molar-refractivity contribution in [1.29, 1.82) is 0 Å². The van der Waals surface area contributed by atoms with Gasteiger partial charge in [-0.05, 0) is 30.2 Å². The average molecular weight is 318 g/mol. The van der Waals surface area contributed by atoms with Crippen LogP contribution in [0.5, 0.6) is 0 Å². The average Bonchev–Trinajstić information content (AvgIpc) is 3.02. The van der Waals surface area contributed by atoms with E-state index in [9.17, 15) is 0 Å². The minimum atomic E-state index is -0.688. The molecular formula is C19H18N4O. The topological polar surface area (TPSA) is 90.4 Å². The Kier molecular flexibility index (Phi) is 3.52. The van der Waals surface area contributed by atoms with Gasteiger partial charge in [0, 0.05) is 17.2 Å². The summed E-state index contributed by atoms with van der Waals surface area (Å²) in [7, 11) is 0. The zero-order chi connectivity index (χ0) is 16.6. The summed E-state index contributed by atoms with van der Waals surface area (Å²) in [6, 6.07) is 16.0. The van der Waals surface area contributed by atoms with Crippen molar-refractivity contribution in [3.05, 3.63) is 66.2 Å². The Hall–Kier alpha value is -2.76. The second kappa shape index (κ2) is 5.70. The molecule has 24 heavy (non-hydrogen) atoms. The highest BCUT2D eigenvalue weighted by molar-refractivity contribution is 5.92. The van der Waals surface area contributed by atoms with Gasteiger partial charge in [-0.1, -0.05) is 47.6 Å². The summed E-state index contributed by atoms with van der Waals surface area (Å²) in [5.41, 5.74) is 14.7. The third-order valence-electron chi connectivity index (χ3n) is 4.38. The van der Waals surface area contributed by atoms with Crippen LogP contribution < -0.4 is 11.5 Å². The van der Waals surface area contributed by atoms with Gasteiger partial charge in [0.05, 0.1) is 5.54 Å². The molecule has 120 valence electrons. The normalized spacial score (nSPS) is 23.0. The van der Waals surface area contributed by atoms with Crippen molar-refractivity contribution in [3.63, 3.8) is 0 Å². The molecule has 1 aliphatic heterocycles. The number of nitrogens with two attached hydrogens (primary N) is 2. The molecule has 0 spiro atoms. The molecule has 0 saturated heterocycles. The van der Waals surface area contributed by atoms with Gasteiger partial charge in [-0.15, -0.1) is 0 Å². The molecular weight excluding hydrogens is 300 g/mol. The summed E-state index contributed by atoms with van der Waals surface area (Å²) in [5, 5.41) is 5.12. The number of dihydropyridines is 1. The Morgan fingerprint density at radius 3 is 2.75 bits per heavy atom. The van der Waals surface area contributed by atoms with Gasteiger partial charge >= 0.3 is 0 Å². The molecule has 0 bridgehead atoms. The summed E-state index contributed by atoms with van der Waals surface area (Å²) in [4.78, 5) is 4.21. The van der Waals surface area contributed by atoms with Gasteiger partial charge in [-0.2, -0.15) is 0 Å². The molecule has 1 aliphatic rings. The maximum absolute atomic E-state index is 6.44. The maximum Gasteiger partial charge on any atom is 0.174 e. The molecule has 0 amide bonds. The molecule has 5 heteroatoms. The summed E-state index contributed by atoms with van der Waals surface area (Å²) in [6.07, 6.45) is 5.59. The van der Waals surface area contributed by atoms with Crippen LogP contribution in [-0.2, 0) is 6.42 Å². The largest absolute Gasteiger partial charge is 0.355 e. The van der Waals surface area contributed by atoms with Gasteiger partial charge in [0.1, 0.15) is 11.7 Å². The smallest absolute Gasteiger partial charge is 0.174 e. The minimum Gasteiger partial charge on any atom is -0.355 e. The second-order valence-electron chi connectivity index (χ2n) is 6.12. The van der Waals surface area contributed by atoms with E-state index in [0.29, 0.717) is 6.42 Å². The van der Waals surface area contributed by atoms with Crippen molar-refractivity contribution in [2.75, 3.05) is 0 Å². The number of hydrogen-bond donors (Lipinski definition) is 2. The predicted octanol–water partition coefficient (Wildman–Crippen LogP) is 2.66. The highest BCUT2D eigenvalue weighted by Crippen LogP contribution is 2.30. The molecule has 0 fully saturated rings. The quantitative estimate of drug-likeness (QED) is 0.777. The molecule has 2 atom stereocenters. The van der Waals surface area contributed by atoms with Crippen molar-refractivity contribution in [1.82, 2.24) is 5.16 Å². The van der Waals surface area contributed by atoms with Crippen molar-refractivity contribution in [2.45, 2.75) is 18.1 Å². The van der Waals surface area contributed by atoms with E-state index in [1.54, 1.807) is 6.21 Å². The van der Waals surface area contributed by atoms with Crippen molar-refractivity contribution in [3.8, 4) is 11.3 Å². The first-order chi connectivity index (χ1) is 11.7. The van der Waals surface area contributed by atoms with Gasteiger partial charge in [-0.3, -0.25) is 4.99 Å². The maximum atomic E-state index is 6.44. The van der Waals surface area contributed by atoms with E-state index >= 15 is 0 Å². The van der Waals surface area contributed by atoms with Gasteiger partial charge in [0.25, 0.3) is 0 Å². The van der Waals surface area contributed by atoms with E-state index in [2.05, 4.69) is 16.2 Å². The molecule has 2 unspecified atom stereocenters. The molecule has 4 rings (SSSR count). The zero-order valence-corrected chi connectivity index (χ0v) is 13.1. The summed E-state index contributed by atoms with van der Waals surface area (Å²) in [6.45, 7) is 0. The summed E-state index contributed by atoms with van der Waals surface area (Å²) >= 11 is 0. The fraction of sp³-hybridized carbons (Fsp3) is 0.158. The van der Waals surface area contributed by atoms with Crippen LogP contribution in [-0.4, -0.2) is 23.1 Å². The number of benzene rings is 2. The standard InChI is InChI=1S/C19H18N4O/c20-18-19(21,9-4-10-22-18)12-13-7-8-16-15(11-13)17(24-23-16)14-5-2-1-3-6-14/h1-11,18H,12,20-21H2. The fourth-order valence-electron chi connectivity index (χ4n) is 3.02. The highest BCUT2D eigenvalue weighted by Gasteiger charge is 2.31. The van der Waals surface area contributed by atoms with Crippen molar-refractivity contribution < 1.29 is 4.52 Å². The van der Waals surface area contributed by atoms with Crippen LogP contribution in [0.3, 0.4) is 0 Å². The minimum absolute atomic E-state index is 0.450. The third-order valence-corrected chi connectivity index (χ3v) is 4.38. The lowest BCUT2D eigenvalue weighted by atomic mass is 9.87. The molecule has 0 radical (unpaired) electrons. The van der Waals surface area contributed by atoms with Gasteiger partial charge < -0.3 is 16.0 Å². The van der Waals surface area contributed by atoms with Gasteiger partial charge in [-0.25, -0.2) is 0 Å². The predicted molar refractivity (Wildman–Crippen MR) is 95.7 cm³/mol. The third kappa shape index (κ3) is 2.54. The Balaban J connectivity index is 1.73. The van der Waals surface area contributed by atoms with E-state index < -0.39 is 11.7 Å². The lowest BCUT2D eigenvalue weighted by Crippen LogP contribution is -2.55. The van der Waals surface area contributed by atoms with Crippen LogP contribution in [0.25, 0.3) is 22.2 Å². The SMILES string of the molecule is NC1N=CC=CC1(N)Cc1ccc2noc(-c3ccccc3)c2c1. The number of aliphatic imine (C=N–C) groups is 1. The monoisotopic (exact) mass is 318 g/mol. The van der Waals surface area contributed by atoms with Crippen molar-refractivity contribution in [2.24, 2.45) is 16.5 Å². The van der Waals surface area contributed by atoms with Crippen LogP contribution in [0, 0.1) is 0 Å². The lowest BCUT2D eigenvalue weighted by molar-refractivity contribution is 0.426. The van der Waals surface area contributed by atoms with Crippen LogP contribution in [0.15, 0.2) is 70.2 Å². The van der Waals surface area contributed by atoms with E-state index in [1.165, 1.54) is 0 Å². The Labute approximate surface area is 139 Å². The van der Waals surface area contributed by atoms with Gasteiger partial charge in [0.15, 0.2) is 5.76 Å². The number of aromatic nitrogens is 1. The summed E-state index contributed by atoms with van der Waals surface area (Å²) in [5.74, 6) is 0.764. The first kappa shape index (κ1) is 14.8. The zero-order valence-electron chi connectivity index (χ0n) is 13.1. The molecule has 2 aromatic carbocycles. The number of fused-ring (bicyclic) bond motifs is 1. The van der Waals surface area contributed by atoms with E-state index in [4.69, 9.17) is 16.0 Å². The number of allylic oxidation sites excluding steroid dienone is 1. The number of rotatable bonds is 3. The Morgan fingerprint density at radius 1 is 1.12 bits per heavy atom. The second-order valence-corrected chi connectivity index (χ2v) is 6.12. The van der Waals surface area contributed by atoms with Gasteiger partial charge in [0.2, 0.25) is 0 Å². The van der Waals surface area contributed by atoms with E-state index in [-0.39, 0.29) is 0 Å². The molecule has 1 aromatic heterocycles. The van der Waals surface area contributed by atoms with Crippen molar-refractivity contribution >= 4 is 17.1 Å². The first-order valence-electron chi connectivity index (χ1n) is 7.85. The number of nitrogens with zero attached hydrogens (tertiary/aromatic N) is 2. The van der Waals surface area contributed by atoms with Crippen LogP contribution in [0.1, 0.15) is 5.56 Å². The van der Waals surface area contributed by atoms with E-state index in [1.807, 2.05) is 54.6 Å². The molecule has 3 aromatic rings. The first-order valence-corrected chi connectivity index (χ1v) is 7.85. The highest BCUT2D eigenvalue weighted by atomic mass is 16.5. The summed E-state index contributed by atoms with van der Waals surface area (Å²) < 4.78 is 5.55. The molecule has 0 saturated carbocycles. The Morgan fingerprint density at radius 2 is 1.96 bits per heavy atom. The fourth-order valence-corrected chi connectivity index (χ4v) is 3.02. The molecule has 0 aliphatic carbocycles. The van der Waals surface area contributed by atoms with Crippen LogP contribution >= 0.6 is 0 Å². The number of hydrogen-bond acceptors (Lipinski definition) is 5. The Bertz CT molecular complexity index is 929.